The molecule has 1 aromatic rings. The second-order valence-electron chi connectivity index (χ2n) is 4.63. The van der Waals surface area contributed by atoms with Crippen LogP contribution >= 0.6 is 0 Å². The minimum Gasteiger partial charge on any atom is -0.474 e. The van der Waals surface area contributed by atoms with E-state index in [1.807, 2.05) is 7.05 Å². The van der Waals surface area contributed by atoms with Gasteiger partial charge in [-0.1, -0.05) is 0 Å². The fourth-order valence-corrected chi connectivity index (χ4v) is 2.24. The molecule has 18 heavy (non-hydrogen) atoms. The Balaban J connectivity index is 1.80. The Morgan fingerprint density at radius 1 is 1.28 bits per heavy atom. The third kappa shape index (κ3) is 1.74. The molecule has 0 bridgehead atoms. The normalized spacial score (nSPS) is 19.8. The molecule has 0 saturated carbocycles. The lowest BCUT2D eigenvalue weighted by Crippen LogP contribution is -2.47. The molecule has 0 atom stereocenters. The molecule has 0 aromatic carbocycles. The van der Waals surface area contributed by atoms with Crippen molar-refractivity contribution in [3.05, 3.63) is 11.5 Å². The quantitative estimate of drug-likeness (QED) is 0.696. The summed E-state index contributed by atoms with van der Waals surface area (Å²) in [4.78, 5) is 15.9. The molecule has 0 unspecified atom stereocenters. The van der Waals surface area contributed by atoms with Gasteiger partial charge in [0.2, 0.25) is 11.7 Å². The highest BCUT2D eigenvalue weighted by atomic mass is 19.1. The number of hydrogen-bond donors (Lipinski definition) is 0. The van der Waals surface area contributed by atoms with Crippen molar-refractivity contribution in [2.75, 3.05) is 39.8 Å². The molecule has 2 aliphatic rings. The van der Waals surface area contributed by atoms with Gasteiger partial charge in [-0.25, -0.2) is 4.68 Å². The first-order valence-corrected chi connectivity index (χ1v) is 6.04. The lowest BCUT2D eigenvalue weighted by atomic mass is 10.3. The van der Waals surface area contributed by atoms with Gasteiger partial charge in [0, 0.05) is 26.2 Å². The van der Waals surface area contributed by atoms with Crippen molar-refractivity contribution in [3.63, 3.8) is 0 Å². The minimum absolute atomic E-state index is 0.0903. The Bertz CT molecular complexity index is 480. The maximum atomic E-state index is 13.9. The van der Waals surface area contributed by atoms with E-state index in [4.69, 9.17) is 4.74 Å². The van der Waals surface area contributed by atoms with E-state index >= 15 is 0 Å². The van der Waals surface area contributed by atoms with Gasteiger partial charge >= 0.3 is 0 Å². The van der Waals surface area contributed by atoms with Crippen molar-refractivity contribution in [1.29, 1.82) is 0 Å². The van der Waals surface area contributed by atoms with Crippen molar-refractivity contribution in [2.45, 2.75) is 6.54 Å². The van der Waals surface area contributed by atoms with E-state index in [1.165, 1.54) is 4.68 Å². The molecule has 3 rings (SSSR count). The summed E-state index contributed by atoms with van der Waals surface area (Å²) < 4.78 is 20.5. The van der Waals surface area contributed by atoms with Crippen molar-refractivity contribution < 1.29 is 13.9 Å². The van der Waals surface area contributed by atoms with Crippen molar-refractivity contribution in [2.24, 2.45) is 0 Å². The third-order valence-corrected chi connectivity index (χ3v) is 3.39. The largest absolute Gasteiger partial charge is 0.474 e. The number of aromatic nitrogens is 2. The second kappa shape index (κ2) is 4.24. The van der Waals surface area contributed by atoms with Crippen LogP contribution in [-0.4, -0.2) is 65.3 Å². The minimum atomic E-state index is -0.628. The first kappa shape index (κ1) is 11.5. The molecule has 1 amide bonds. The first-order valence-electron chi connectivity index (χ1n) is 6.04. The van der Waals surface area contributed by atoms with E-state index in [0.717, 1.165) is 13.1 Å². The van der Waals surface area contributed by atoms with Gasteiger partial charge in [-0.2, -0.15) is 9.49 Å². The molecular weight excluding hydrogens is 239 g/mol. The van der Waals surface area contributed by atoms with E-state index in [0.29, 0.717) is 26.2 Å². The molecule has 2 aliphatic heterocycles. The highest BCUT2D eigenvalue weighted by Crippen LogP contribution is 2.25. The number of amides is 1. The predicted octanol–water partition coefficient (Wildman–Crippen LogP) is -0.198. The number of likely N-dealkylation sites (N-methyl/N-ethyl adjacent to an activating group) is 1. The number of hydrogen-bond acceptors (Lipinski definition) is 4. The standard InChI is InChI=1S/C11H15FN4O2/c1-14-2-4-15(5-3-14)10(17)9-8(12)11-16(13-9)6-7-18-11/h2-7H2,1H3. The Labute approximate surface area is 104 Å². The van der Waals surface area contributed by atoms with Gasteiger partial charge in [0.05, 0.1) is 6.54 Å². The molecule has 3 heterocycles. The predicted molar refractivity (Wildman–Crippen MR) is 61.1 cm³/mol. The zero-order valence-corrected chi connectivity index (χ0v) is 10.2. The monoisotopic (exact) mass is 254 g/mol. The van der Waals surface area contributed by atoms with E-state index in [2.05, 4.69) is 10.00 Å². The average Bonchev–Trinajstić information content (AvgIpc) is 2.93. The Morgan fingerprint density at radius 2 is 2.00 bits per heavy atom. The summed E-state index contributed by atoms with van der Waals surface area (Å²) in [6.07, 6.45) is 0. The number of fused-ring (bicyclic) bond motifs is 1. The fraction of sp³-hybridized carbons (Fsp3) is 0.636. The molecule has 0 spiro atoms. The Kier molecular flexibility index (Phi) is 2.70. The average molecular weight is 254 g/mol. The summed E-state index contributed by atoms with van der Waals surface area (Å²) in [5.41, 5.74) is -0.116. The summed E-state index contributed by atoms with van der Waals surface area (Å²) in [5.74, 6) is -0.880. The number of ether oxygens (including phenoxy) is 1. The van der Waals surface area contributed by atoms with Gasteiger partial charge < -0.3 is 14.5 Å². The highest BCUT2D eigenvalue weighted by molar-refractivity contribution is 5.93. The molecular formula is C11H15FN4O2. The van der Waals surface area contributed by atoms with Crippen LogP contribution in [0.2, 0.25) is 0 Å². The molecule has 0 aliphatic carbocycles. The van der Waals surface area contributed by atoms with Crippen molar-refractivity contribution >= 4 is 5.91 Å². The number of nitrogens with zero attached hydrogens (tertiary/aromatic N) is 4. The van der Waals surface area contributed by atoms with Crippen LogP contribution in [0.15, 0.2) is 0 Å². The topological polar surface area (TPSA) is 50.6 Å². The van der Waals surface area contributed by atoms with E-state index < -0.39 is 5.82 Å². The van der Waals surface area contributed by atoms with Crippen LogP contribution in [0.1, 0.15) is 10.5 Å². The zero-order valence-electron chi connectivity index (χ0n) is 10.2. The maximum Gasteiger partial charge on any atom is 0.277 e. The van der Waals surface area contributed by atoms with Crippen molar-refractivity contribution in [3.8, 4) is 5.88 Å². The van der Waals surface area contributed by atoms with Gasteiger partial charge in [-0.15, -0.1) is 0 Å². The van der Waals surface area contributed by atoms with Gasteiger partial charge in [-0.3, -0.25) is 4.79 Å². The summed E-state index contributed by atoms with van der Waals surface area (Å²) in [6, 6.07) is 0. The maximum absolute atomic E-state index is 13.9. The highest BCUT2D eigenvalue weighted by Gasteiger charge is 2.31. The number of halogens is 1. The molecule has 0 radical (unpaired) electrons. The number of carbonyl (C=O) groups is 1. The fourth-order valence-electron chi connectivity index (χ4n) is 2.24. The lowest BCUT2D eigenvalue weighted by molar-refractivity contribution is 0.0652. The molecule has 1 fully saturated rings. The Hall–Kier alpha value is -1.63. The number of rotatable bonds is 1. The summed E-state index contributed by atoms with van der Waals surface area (Å²) >= 11 is 0. The molecule has 98 valence electrons. The number of piperazine rings is 1. The summed E-state index contributed by atoms with van der Waals surface area (Å²) in [6.45, 7) is 3.75. The van der Waals surface area contributed by atoms with Crippen LogP contribution in [0.3, 0.4) is 0 Å². The van der Waals surface area contributed by atoms with E-state index in [-0.39, 0.29) is 17.5 Å². The zero-order chi connectivity index (χ0) is 12.7. The molecule has 7 heteroatoms. The number of carbonyl (C=O) groups excluding carboxylic acids is 1. The van der Waals surface area contributed by atoms with Crippen LogP contribution in [-0.2, 0) is 6.54 Å². The smallest absolute Gasteiger partial charge is 0.277 e. The summed E-state index contributed by atoms with van der Waals surface area (Å²) in [7, 11) is 2.00. The van der Waals surface area contributed by atoms with Crippen LogP contribution in [0, 0.1) is 5.82 Å². The first-order chi connectivity index (χ1) is 8.66. The van der Waals surface area contributed by atoms with Crippen molar-refractivity contribution in [1.82, 2.24) is 19.6 Å². The van der Waals surface area contributed by atoms with E-state index in [1.54, 1.807) is 4.90 Å². The third-order valence-electron chi connectivity index (χ3n) is 3.39. The van der Waals surface area contributed by atoms with Gasteiger partial charge in [0.25, 0.3) is 5.91 Å². The molecule has 1 saturated heterocycles. The lowest BCUT2D eigenvalue weighted by Gasteiger charge is -2.31. The SMILES string of the molecule is CN1CCN(C(=O)c2nn3c(c2F)OCC3)CC1. The second-order valence-corrected chi connectivity index (χ2v) is 4.63. The van der Waals surface area contributed by atoms with Crippen LogP contribution < -0.4 is 4.74 Å². The van der Waals surface area contributed by atoms with Crippen LogP contribution in [0.5, 0.6) is 5.88 Å². The Morgan fingerprint density at radius 3 is 2.67 bits per heavy atom. The van der Waals surface area contributed by atoms with Gasteiger partial charge in [0.1, 0.15) is 6.61 Å². The van der Waals surface area contributed by atoms with Crippen LogP contribution in [0.4, 0.5) is 4.39 Å². The van der Waals surface area contributed by atoms with E-state index in [9.17, 15) is 9.18 Å². The molecule has 0 N–H and O–H groups in total. The van der Waals surface area contributed by atoms with Gasteiger partial charge in [-0.05, 0) is 7.05 Å². The summed E-state index contributed by atoms with van der Waals surface area (Å²) in [5, 5.41) is 4.00. The van der Waals surface area contributed by atoms with Crippen LogP contribution in [0.25, 0.3) is 0 Å². The molecule has 1 aromatic heterocycles. The van der Waals surface area contributed by atoms with Gasteiger partial charge in [0.15, 0.2) is 5.69 Å². The molecule has 6 nitrogen and oxygen atoms in total.